The number of hydrogen-bond acceptors (Lipinski definition) is 6. The molecule has 0 amide bonds. The van der Waals surface area contributed by atoms with Crippen LogP contribution in [0.5, 0.6) is 0 Å². The maximum Gasteiger partial charge on any atom is 0.317 e. The topological polar surface area (TPSA) is 80.8 Å². The molecule has 6 nitrogen and oxygen atoms in total. The highest BCUT2D eigenvalue weighted by molar-refractivity contribution is 7.99. The van der Waals surface area contributed by atoms with Crippen LogP contribution in [0.1, 0.15) is 37.1 Å². The SMILES string of the molecule is C[C@H](C#N)OC(=O)CSc1nnc(C2CC2)n1Cc1ccccc1. The Labute approximate surface area is 144 Å². The van der Waals surface area contributed by atoms with Crippen molar-refractivity contribution in [3.8, 4) is 6.07 Å². The Morgan fingerprint density at radius 3 is 2.83 bits per heavy atom. The fourth-order valence-corrected chi connectivity index (χ4v) is 3.07. The number of nitriles is 1. The van der Waals surface area contributed by atoms with E-state index in [0.717, 1.165) is 18.7 Å². The molecule has 2 aromatic rings. The molecule has 24 heavy (non-hydrogen) atoms. The minimum atomic E-state index is -0.734. The first-order valence-electron chi connectivity index (χ1n) is 7.86. The maximum atomic E-state index is 11.8. The molecule has 0 spiro atoms. The van der Waals surface area contributed by atoms with Gasteiger partial charge < -0.3 is 9.30 Å². The van der Waals surface area contributed by atoms with E-state index in [1.807, 2.05) is 24.3 Å². The molecule has 0 unspecified atom stereocenters. The number of nitrogens with zero attached hydrogens (tertiary/aromatic N) is 4. The minimum Gasteiger partial charge on any atom is -0.447 e. The quantitative estimate of drug-likeness (QED) is 0.568. The summed E-state index contributed by atoms with van der Waals surface area (Å²) in [5, 5.41) is 18.0. The van der Waals surface area contributed by atoms with E-state index >= 15 is 0 Å². The zero-order valence-electron chi connectivity index (χ0n) is 13.4. The highest BCUT2D eigenvalue weighted by atomic mass is 32.2. The molecule has 1 fully saturated rings. The van der Waals surface area contributed by atoms with Gasteiger partial charge in [0.15, 0.2) is 11.3 Å². The van der Waals surface area contributed by atoms with Crippen LogP contribution in [0, 0.1) is 11.3 Å². The van der Waals surface area contributed by atoms with Crippen molar-refractivity contribution >= 4 is 17.7 Å². The van der Waals surface area contributed by atoms with Crippen LogP contribution in [-0.2, 0) is 16.1 Å². The third kappa shape index (κ3) is 4.15. The second kappa shape index (κ2) is 7.49. The Bertz CT molecular complexity index is 750. The van der Waals surface area contributed by atoms with Crippen LogP contribution in [0.3, 0.4) is 0 Å². The van der Waals surface area contributed by atoms with E-state index < -0.39 is 12.1 Å². The summed E-state index contributed by atoms with van der Waals surface area (Å²) in [4.78, 5) is 11.8. The standard InChI is InChI=1S/C17H18N4O2S/c1-12(9-18)23-15(22)11-24-17-20-19-16(14-7-8-14)21(17)10-13-5-3-2-4-6-13/h2-6,12,14H,7-8,10-11H2,1H3/t12-/m1/s1. The van der Waals surface area contributed by atoms with Gasteiger partial charge >= 0.3 is 5.97 Å². The summed E-state index contributed by atoms with van der Waals surface area (Å²) in [5.41, 5.74) is 1.17. The highest BCUT2D eigenvalue weighted by Crippen LogP contribution is 2.40. The van der Waals surface area contributed by atoms with Gasteiger partial charge in [0.1, 0.15) is 11.9 Å². The molecule has 1 saturated carbocycles. The first-order chi connectivity index (χ1) is 11.7. The summed E-state index contributed by atoms with van der Waals surface area (Å²) in [7, 11) is 0. The molecule has 3 rings (SSSR count). The van der Waals surface area contributed by atoms with E-state index in [-0.39, 0.29) is 5.75 Å². The summed E-state index contributed by atoms with van der Waals surface area (Å²) < 4.78 is 7.05. The average molecular weight is 342 g/mol. The van der Waals surface area contributed by atoms with Gasteiger partial charge in [0, 0.05) is 5.92 Å². The maximum absolute atomic E-state index is 11.8. The number of benzene rings is 1. The first kappa shape index (κ1) is 16.5. The van der Waals surface area contributed by atoms with Gasteiger partial charge in [0.05, 0.1) is 12.3 Å². The second-order valence-corrected chi connectivity index (χ2v) is 6.68. The number of esters is 1. The van der Waals surface area contributed by atoms with Crippen LogP contribution in [0.2, 0.25) is 0 Å². The summed E-state index contributed by atoms with van der Waals surface area (Å²) >= 11 is 1.30. The molecule has 1 aromatic heterocycles. The molecule has 124 valence electrons. The smallest absolute Gasteiger partial charge is 0.317 e. The van der Waals surface area contributed by atoms with E-state index in [0.29, 0.717) is 17.6 Å². The molecule has 1 aliphatic carbocycles. The van der Waals surface area contributed by atoms with Crippen LogP contribution in [-0.4, -0.2) is 32.6 Å². The lowest BCUT2D eigenvalue weighted by Crippen LogP contribution is -2.15. The summed E-state index contributed by atoms with van der Waals surface area (Å²) in [6, 6.07) is 12.0. The van der Waals surface area contributed by atoms with Gasteiger partial charge in [-0.3, -0.25) is 4.79 Å². The van der Waals surface area contributed by atoms with Crippen LogP contribution in [0.4, 0.5) is 0 Å². The molecule has 1 heterocycles. The number of thioether (sulfide) groups is 1. The Hall–Kier alpha value is -2.33. The van der Waals surface area contributed by atoms with E-state index in [1.54, 1.807) is 6.92 Å². The second-order valence-electron chi connectivity index (χ2n) is 5.74. The third-order valence-corrected chi connectivity index (χ3v) is 4.62. The summed E-state index contributed by atoms with van der Waals surface area (Å²) in [6.07, 6.45) is 1.54. The van der Waals surface area contributed by atoms with Crippen molar-refractivity contribution in [2.75, 3.05) is 5.75 Å². The van der Waals surface area contributed by atoms with Crippen LogP contribution in [0.25, 0.3) is 0 Å². The normalized spacial score (nSPS) is 14.8. The lowest BCUT2D eigenvalue weighted by atomic mass is 10.2. The van der Waals surface area contributed by atoms with Crippen molar-refractivity contribution in [2.45, 2.75) is 43.5 Å². The molecule has 1 atom stereocenters. The van der Waals surface area contributed by atoms with Crippen molar-refractivity contribution in [2.24, 2.45) is 0 Å². The molecule has 0 bridgehead atoms. The highest BCUT2D eigenvalue weighted by Gasteiger charge is 2.30. The van der Waals surface area contributed by atoms with Crippen molar-refractivity contribution < 1.29 is 9.53 Å². The minimum absolute atomic E-state index is 0.115. The number of rotatable bonds is 7. The summed E-state index contributed by atoms with van der Waals surface area (Å²) in [6.45, 7) is 2.23. The fourth-order valence-electron chi connectivity index (χ4n) is 2.35. The predicted octanol–water partition coefficient (Wildman–Crippen LogP) is 2.75. The summed E-state index contributed by atoms with van der Waals surface area (Å²) in [5.74, 6) is 1.15. The van der Waals surface area contributed by atoms with Gasteiger partial charge in [-0.2, -0.15) is 5.26 Å². The van der Waals surface area contributed by atoms with E-state index in [9.17, 15) is 4.79 Å². The number of carbonyl (C=O) groups excluding carboxylic acids is 1. The van der Waals surface area contributed by atoms with Gasteiger partial charge in [0.2, 0.25) is 0 Å². The molecule has 0 saturated heterocycles. The zero-order chi connectivity index (χ0) is 16.9. The van der Waals surface area contributed by atoms with E-state index in [2.05, 4.69) is 26.9 Å². The van der Waals surface area contributed by atoms with E-state index in [1.165, 1.54) is 17.3 Å². The predicted molar refractivity (Wildman–Crippen MR) is 89.4 cm³/mol. The molecule has 7 heteroatoms. The van der Waals surface area contributed by atoms with Crippen molar-refractivity contribution in [1.82, 2.24) is 14.8 Å². The molecular weight excluding hydrogens is 324 g/mol. The zero-order valence-corrected chi connectivity index (χ0v) is 14.2. The molecule has 0 aliphatic heterocycles. The molecule has 1 aromatic carbocycles. The van der Waals surface area contributed by atoms with Crippen molar-refractivity contribution in [3.05, 3.63) is 41.7 Å². The Morgan fingerprint density at radius 1 is 1.42 bits per heavy atom. The van der Waals surface area contributed by atoms with Gasteiger partial charge in [-0.25, -0.2) is 0 Å². The average Bonchev–Trinajstić information content (AvgIpc) is 3.36. The Kier molecular flexibility index (Phi) is 5.16. The molecular formula is C17H18N4O2S. The Morgan fingerprint density at radius 2 is 2.17 bits per heavy atom. The number of carbonyl (C=O) groups is 1. The molecule has 0 N–H and O–H groups in total. The van der Waals surface area contributed by atoms with Crippen LogP contribution in [0.15, 0.2) is 35.5 Å². The van der Waals surface area contributed by atoms with Gasteiger partial charge in [-0.15, -0.1) is 10.2 Å². The van der Waals surface area contributed by atoms with Crippen molar-refractivity contribution in [1.29, 1.82) is 5.26 Å². The fraction of sp³-hybridized carbons (Fsp3) is 0.412. The number of ether oxygens (including phenoxy) is 1. The van der Waals surface area contributed by atoms with Gasteiger partial charge in [-0.05, 0) is 25.3 Å². The monoisotopic (exact) mass is 342 g/mol. The first-order valence-corrected chi connectivity index (χ1v) is 8.85. The largest absolute Gasteiger partial charge is 0.447 e. The lowest BCUT2D eigenvalue weighted by Gasteiger charge is -2.10. The van der Waals surface area contributed by atoms with E-state index in [4.69, 9.17) is 10.00 Å². The number of aromatic nitrogens is 3. The molecule has 0 radical (unpaired) electrons. The molecule has 1 aliphatic rings. The third-order valence-electron chi connectivity index (χ3n) is 3.68. The van der Waals surface area contributed by atoms with Gasteiger partial charge in [0.25, 0.3) is 0 Å². The number of hydrogen-bond donors (Lipinski definition) is 0. The van der Waals surface area contributed by atoms with Crippen LogP contribution >= 0.6 is 11.8 Å². The van der Waals surface area contributed by atoms with Gasteiger partial charge in [-0.1, -0.05) is 42.1 Å². The van der Waals surface area contributed by atoms with Crippen LogP contribution < -0.4 is 0 Å². The lowest BCUT2D eigenvalue weighted by molar-refractivity contribution is -0.142. The Balaban J connectivity index is 1.71. The van der Waals surface area contributed by atoms with Crippen molar-refractivity contribution in [3.63, 3.8) is 0 Å².